The third-order valence-electron chi connectivity index (χ3n) is 6.61. The van der Waals surface area contributed by atoms with Crippen molar-refractivity contribution in [3.63, 3.8) is 0 Å². The number of hydrogen-bond acceptors (Lipinski definition) is 8. The molecule has 1 amide bonds. The van der Waals surface area contributed by atoms with Gasteiger partial charge >= 0.3 is 0 Å². The van der Waals surface area contributed by atoms with E-state index in [-0.39, 0.29) is 11.5 Å². The Morgan fingerprint density at radius 3 is 2.57 bits per heavy atom. The van der Waals surface area contributed by atoms with Crippen molar-refractivity contribution in [2.45, 2.75) is 26.2 Å². The van der Waals surface area contributed by atoms with Crippen molar-refractivity contribution < 1.29 is 14.3 Å². The summed E-state index contributed by atoms with van der Waals surface area (Å²) in [4.78, 5) is 36.0. The summed E-state index contributed by atoms with van der Waals surface area (Å²) >= 11 is 6.78. The highest BCUT2D eigenvalue weighted by Crippen LogP contribution is 2.34. The fourth-order valence-corrected chi connectivity index (χ4v) is 5.93. The number of fused-ring (bicyclic) bond motifs is 1. The zero-order chi connectivity index (χ0) is 26.1. The van der Waals surface area contributed by atoms with Gasteiger partial charge in [0, 0.05) is 25.8 Å². The molecule has 192 valence electrons. The number of carbonyl (C=O) groups is 1. The van der Waals surface area contributed by atoms with Crippen molar-refractivity contribution in [2.75, 3.05) is 38.8 Å². The second-order valence-corrected chi connectivity index (χ2v) is 10.7. The van der Waals surface area contributed by atoms with Crippen LogP contribution in [0.1, 0.15) is 29.5 Å². The molecule has 4 heterocycles. The van der Waals surface area contributed by atoms with Gasteiger partial charge in [0.25, 0.3) is 11.5 Å². The summed E-state index contributed by atoms with van der Waals surface area (Å²) in [6, 6.07) is 9.49. The Kier molecular flexibility index (Phi) is 7.21. The first-order chi connectivity index (χ1) is 17.9. The van der Waals surface area contributed by atoms with Gasteiger partial charge in [-0.15, -0.1) is 0 Å². The maximum Gasteiger partial charge on any atom is 0.267 e. The van der Waals surface area contributed by atoms with Crippen LogP contribution in [0.4, 0.5) is 5.82 Å². The molecule has 5 rings (SSSR count). The van der Waals surface area contributed by atoms with Gasteiger partial charge in [-0.25, -0.2) is 4.98 Å². The third-order valence-corrected chi connectivity index (χ3v) is 7.99. The van der Waals surface area contributed by atoms with E-state index in [0.717, 1.165) is 37.1 Å². The number of ether oxygens (including phenoxy) is 2. The molecule has 0 N–H and O–H groups in total. The predicted molar refractivity (Wildman–Crippen MR) is 151 cm³/mol. The Bertz CT molecular complexity index is 1480. The molecule has 10 heteroatoms. The van der Waals surface area contributed by atoms with Crippen molar-refractivity contribution in [3.05, 3.63) is 68.5 Å². The number of anilines is 1. The molecule has 2 saturated heterocycles. The molecule has 3 aromatic rings. The second-order valence-electron chi connectivity index (χ2n) is 9.06. The minimum atomic E-state index is -0.198. The molecule has 0 atom stereocenters. The zero-order valence-corrected chi connectivity index (χ0v) is 22.7. The van der Waals surface area contributed by atoms with Gasteiger partial charge in [-0.3, -0.25) is 18.9 Å². The van der Waals surface area contributed by atoms with Crippen LogP contribution in [0.3, 0.4) is 0 Å². The van der Waals surface area contributed by atoms with Gasteiger partial charge in [0.15, 0.2) is 11.5 Å². The van der Waals surface area contributed by atoms with Crippen LogP contribution in [-0.4, -0.2) is 58.4 Å². The van der Waals surface area contributed by atoms with Crippen molar-refractivity contribution in [2.24, 2.45) is 0 Å². The molecule has 2 aliphatic heterocycles. The van der Waals surface area contributed by atoms with Gasteiger partial charge in [0.1, 0.15) is 15.8 Å². The number of hydrogen-bond donors (Lipinski definition) is 0. The average Bonchev–Trinajstić information content (AvgIpc) is 3.53. The molecule has 0 radical (unpaired) electrons. The maximum absolute atomic E-state index is 13.6. The van der Waals surface area contributed by atoms with Crippen molar-refractivity contribution in [1.29, 1.82) is 0 Å². The van der Waals surface area contributed by atoms with E-state index in [9.17, 15) is 9.59 Å². The van der Waals surface area contributed by atoms with E-state index >= 15 is 0 Å². The number of thiocarbonyl (C=S) groups is 1. The van der Waals surface area contributed by atoms with E-state index in [0.29, 0.717) is 50.7 Å². The number of aromatic nitrogens is 2. The van der Waals surface area contributed by atoms with E-state index in [2.05, 4.69) is 4.90 Å². The summed E-state index contributed by atoms with van der Waals surface area (Å²) in [5.74, 6) is 1.72. The summed E-state index contributed by atoms with van der Waals surface area (Å²) in [5.41, 5.74) is 2.78. The molecular weight excluding hydrogens is 508 g/mol. The standard InChI is InChI=1S/C27H28N4O4S2/c1-17-6-9-23-28-24(29-11-4-5-12-29)19(25(32)31(23)16-17)15-22-26(33)30(27(36)37-22)13-10-18-7-8-20(34-2)21(14-18)35-3/h6-9,14-16H,4-5,10-13H2,1-3H3/b22-15+. The lowest BCUT2D eigenvalue weighted by Gasteiger charge is -2.19. The lowest BCUT2D eigenvalue weighted by atomic mass is 10.1. The first-order valence-corrected chi connectivity index (χ1v) is 13.4. The fraction of sp³-hybridized carbons (Fsp3) is 0.333. The number of aryl methyl sites for hydroxylation is 1. The molecule has 0 spiro atoms. The van der Waals surface area contributed by atoms with Crippen LogP contribution in [-0.2, 0) is 11.2 Å². The molecule has 0 saturated carbocycles. The summed E-state index contributed by atoms with van der Waals surface area (Å²) in [6.45, 7) is 4.03. The molecule has 0 aliphatic carbocycles. The largest absolute Gasteiger partial charge is 0.493 e. The minimum Gasteiger partial charge on any atom is -0.493 e. The number of methoxy groups -OCH3 is 2. The highest BCUT2D eigenvalue weighted by atomic mass is 32.2. The number of thioether (sulfide) groups is 1. The molecule has 8 nitrogen and oxygen atoms in total. The Morgan fingerprint density at radius 2 is 1.84 bits per heavy atom. The van der Waals surface area contributed by atoms with E-state index in [1.165, 1.54) is 11.8 Å². The number of amides is 1. The topological polar surface area (TPSA) is 76.4 Å². The summed E-state index contributed by atoms with van der Waals surface area (Å²) in [5, 5.41) is 0. The van der Waals surface area contributed by atoms with Crippen LogP contribution < -0.4 is 19.9 Å². The Balaban J connectivity index is 1.45. The molecule has 2 aromatic heterocycles. The van der Waals surface area contributed by atoms with E-state index in [1.54, 1.807) is 35.8 Å². The van der Waals surface area contributed by atoms with Crippen LogP contribution in [0.5, 0.6) is 11.5 Å². The second kappa shape index (κ2) is 10.5. The lowest BCUT2D eigenvalue weighted by molar-refractivity contribution is -0.122. The highest BCUT2D eigenvalue weighted by molar-refractivity contribution is 8.26. The van der Waals surface area contributed by atoms with Crippen LogP contribution in [0.2, 0.25) is 0 Å². The molecule has 37 heavy (non-hydrogen) atoms. The molecule has 2 fully saturated rings. The highest BCUT2D eigenvalue weighted by Gasteiger charge is 2.33. The zero-order valence-electron chi connectivity index (χ0n) is 21.0. The quantitative estimate of drug-likeness (QED) is 0.331. The van der Waals surface area contributed by atoms with Gasteiger partial charge in [-0.1, -0.05) is 36.1 Å². The Hall–Kier alpha value is -3.37. The van der Waals surface area contributed by atoms with Crippen molar-refractivity contribution in [1.82, 2.24) is 14.3 Å². The molecular formula is C27H28N4O4S2. The number of pyridine rings is 1. The van der Waals surface area contributed by atoms with Gasteiger partial charge in [-0.2, -0.15) is 0 Å². The van der Waals surface area contributed by atoms with Crippen LogP contribution >= 0.6 is 24.0 Å². The van der Waals surface area contributed by atoms with Gasteiger partial charge < -0.3 is 14.4 Å². The smallest absolute Gasteiger partial charge is 0.267 e. The minimum absolute atomic E-state index is 0.189. The molecule has 2 aliphatic rings. The number of nitrogens with zero attached hydrogens (tertiary/aromatic N) is 4. The van der Waals surface area contributed by atoms with Gasteiger partial charge in [0.2, 0.25) is 0 Å². The molecule has 1 aromatic carbocycles. The lowest BCUT2D eigenvalue weighted by Crippen LogP contribution is -2.30. The first-order valence-electron chi connectivity index (χ1n) is 12.1. The first kappa shape index (κ1) is 25.3. The van der Waals surface area contributed by atoms with Gasteiger partial charge in [0.05, 0.1) is 24.7 Å². The summed E-state index contributed by atoms with van der Waals surface area (Å²) in [7, 11) is 3.19. The number of carbonyl (C=O) groups excluding carboxylic acids is 1. The Labute approximate surface area is 224 Å². The average molecular weight is 537 g/mol. The number of rotatable bonds is 7. The summed E-state index contributed by atoms with van der Waals surface area (Å²) < 4.78 is 12.7. The molecule has 0 unspecified atom stereocenters. The van der Waals surface area contributed by atoms with Crippen LogP contribution in [0.25, 0.3) is 11.7 Å². The van der Waals surface area contributed by atoms with Crippen LogP contribution in [0, 0.1) is 6.92 Å². The van der Waals surface area contributed by atoms with Crippen molar-refractivity contribution in [3.8, 4) is 11.5 Å². The normalized spacial score (nSPS) is 16.9. The fourth-order valence-electron chi connectivity index (χ4n) is 4.64. The van der Waals surface area contributed by atoms with E-state index < -0.39 is 0 Å². The SMILES string of the molecule is COc1ccc(CCN2C(=O)/C(=C\c3c(N4CCCC4)nc4ccc(C)cn4c3=O)SC2=S)cc1OC. The van der Waals surface area contributed by atoms with E-state index in [4.69, 9.17) is 26.7 Å². The van der Waals surface area contributed by atoms with Gasteiger partial charge in [-0.05, 0) is 61.6 Å². The van der Waals surface area contributed by atoms with Crippen LogP contribution in [0.15, 0.2) is 46.2 Å². The monoisotopic (exact) mass is 536 g/mol. The predicted octanol–water partition coefficient (Wildman–Crippen LogP) is 4.06. The molecule has 0 bridgehead atoms. The third kappa shape index (κ3) is 4.95. The van der Waals surface area contributed by atoms with E-state index in [1.807, 2.05) is 37.3 Å². The summed E-state index contributed by atoms with van der Waals surface area (Å²) in [6.07, 6.45) is 6.15. The maximum atomic E-state index is 13.6. The van der Waals surface area contributed by atoms with Crippen molar-refractivity contribution >= 4 is 51.7 Å². The Morgan fingerprint density at radius 1 is 1.08 bits per heavy atom. The number of benzene rings is 1.